The van der Waals surface area contributed by atoms with E-state index in [9.17, 15) is 4.39 Å². The number of piperidine rings is 1. The Labute approximate surface area is 112 Å². The number of terminal acetylenes is 1. The van der Waals surface area contributed by atoms with Gasteiger partial charge in [-0.2, -0.15) is 0 Å². The van der Waals surface area contributed by atoms with Crippen LogP contribution in [-0.2, 0) is 0 Å². The van der Waals surface area contributed by atoms with Crippen LogP contribution in [0.1, 0.15) is 12.8 Å². The monoisotopic (exact) mass is 266 g/mol. The van der Waals surface area contributed by atoms with Gasteiger partial charge in [0.15, 0.2) is 0 Å². The summed E-state index contributed by atoms with van der Waals surface area (Å²) in [5, 5.41) is 3.49. The normalized spacial score (nSPS) is 17.4. The van der Waals surface area contributed by atoms with Crippen LogP contribution in [0.5, 0.6) is 0 Å². The zero-order valence-corrected chi connectivity index (χ0v) is 10.9. The molecule has 1 aromatic carbocycles. The summed E-state index contributed by atoms with van der Waals surface area (Å²) >= 11 is 5.65. The van der Waals surface area contributed by atoms with E-state index in [0.29, 0.717) is 12.6 Å². The van der Waals surface area contributed by atoms with Crippen molar-refractivity contribution in [2.24, 2.45) is 0 Å². The fourth-order valence-electron chi connectivity index (χ4n) is 2.19. The zero-order chi connectivity index (χ0) is 13.0. The van der Waals surface area contributed by atoms with Crippen molar-refractivity contribution in [1.82, 2.24) is 4.90 Å². The summed E-state index contributed by atoms with van der Waals surface area (Å²) in [6.07, 6.45) is 7.33. The molecule has 96 valence electrons. The highest BCUT2D eigenvalue weighted by Gasteiger charge is 2.18. The van der Waals surface area contributed by atoms with Crippen LogP contribution in [0.2, 0.25) is 5.02 Å². The molecule has 2 rings (SSSR count). The molecule has 0 bridgehead atoms. The highest BCUT2D eigenvalue weighted by Crippen LogP contribution is 2.21. The Bertz CT molecular complexity index is 448. The van der Waals surface area contributed by atoms with E-state index < -0.39 is 0 Å². The van der Waals surface area contributed by atoms with Crippen molar-refractivity contribution in [2.75, 3.05) is 25.0 Å². The molecular weight excluding hydrogens is 251 g/mol. The first-order chi connectivity index (χ1) is 8.69. The van der Waals surface area contributed by atoms with Crippen LogP contribution in [0.25, 0.3) is 0 Å². The third-order valence-electron chi connectivity index (χ3n) is 3.19. The van der Waals surface area contributed by atoms with Crippen LogP contribution in [0.3, 0.4) is 0 Å². The summed E-state index contributed by atoms with van der Waals surface area (Å²) < 4.78 is 13.3. The third kappa shape index (κ3) is 3.38. The molecule has 0 aliphatic carbocycles. The van der Waals surface area contributed by atoms with Gasteiger partial charge in [-0.3, -0.25) is 4.90 Å². The predicted octanol–water partition coefficient (Wildman–Crippen LogP) is 2.99. The number of nitrogens with one attached hydrogen (secondary N) is 1. The standard InChI is InChI=1S/C14H16ClFN2/c1-2-7-18-8-5-11(6-9-18)17-12-3-4-13(15)14(16)10-12/h1,3-4,10-11,17H,5-9H2. The maximum absolute atomic E-state index is 13.3. The second-order valence-corrected chi connectivity index (χ2v) is 4.93. The van der Waals surface area contributed by atoms with E-state index in [0.717, 1.165) is 31.6 Å². The number of hydrogen-bond donors (Lipinski definition) is 1. The molecule has 1 fully saturated rings. The molecule has 0 radical (unpaired) electrons. The Morgan fingerprint density at radius 3 is 2.78 bits per heavy atom. The van der Waals surface area contributed by atoms with Crippen LogP contribution >= 0.6 is 11.6 Å². The van der Waals surface area contributed by atoms with Crippen LogP contribution in [0.4, 0.5) is 10.1 Å². The van der Waals surface area contributed by atoms with Gasteiger partial charge in [0.2, 0.25) is 0 Å². The fourth-order valence-corrected chi connectivity index (χ4v) is 2.30. The van der Waals surface area contributed by atoms with Gasteiger partial charge in [0.1, 0.15) is 5.82 Å². The van der Waals surface area contributed by atoms with Crippen molar-refractivity contribution in [1.29, 1.82) is 0 Å². The third-order valence-corrected chi connectivity index (χ3v) is 3.50. The lowest BCUT2D eigenvalue weighted by atomic mass is 10.0. The first kappa shape index (κ1) is 13.2. The van der Waals surface area contributed by atoms with Gasteiger partial charge in [-0.15, -0.1) is 6.42 Å². The fraction of sp³-hybridized carbons (Fsp3) is 0.429. The summed E-state index contributed by atoms with van der Waals surface area (Å²) in [6, 6.07) is 5.20. The lowest BCUT2D eigenvalue weighted by Crippen LogP contribution is -2.39. The minimum absolute atomic E-state index is 0.157. The van der Waals surface area contributed by atoms with Gasteiger partial charge in [-0.25, -0.2) is 4.39 Å². The highest BCUT2D eigenvalue weighted by molar-refractivity contribution is 6.30. The minimum Gasteiger partial charge on any atom is -0.382 e. The van der Waals surface area contributed by atoms with E-state index in [1.54, 1.807) is 12.1 Å². The van der Waals surface area contributed by atoms with Crippen molar-refractivity contribution in [3.8, 4) is 12.3 Å². The smallest absolute Gasteiger partial charge is 0.143 e. The summed E-state index contributed by atoms with van der Waals surface area (Å²) in [5.41, 5.74) is 0.785. The van der Waals surface area contributed by atoms with Gasteiger partial charge in [0.25, 0.3) is 0 Å². The van der Waals surface area contributed by atoms with Crippen LogP contribution in [0.15, 0.2) is 18.2 Å². The first-order valence-corrected chi connectivity index (χ1v) is 6.44. The quantitative estimate of drug-likeness (QED) is 0.846. The number of nitrogens with zero attached hydrogens (tertiary/aromatic N) is 1. The molecule has 1 aliphatic rings. The number of hydrogen-bond acceptors (Lipinski definition) is 2. The zero-order valence-electron chi connectivity index (χ0n) is 10.1. The van der Waals surface area contributed by atoms with Gasteiger partial charge >= 0.3 is 0 Å². The Morgan fingerprint density at radius 2 is 2.17 bits per heavy atom. The molecule has 2 nitrogen and oxygen atoms in total. The van der Waals surface area contributed by atoms with Gasteiger partial charge in [0.05, 0.1) is 11.6 Å². The maximum Gasteiger partial charge on any atom is 0.143 e. The summed E-state index contributed by atoms with van der Waals surface area (Å²) in [5.74, 6) is 2.27. The Kier molecular flexibility index (Phi) is 4.46. The number of rotatable bonds is 3. The molecule has 1 heterocycles. The molecule has 0 aromatic heterocycles. The minimum atomic E-state index is -0.383. The average molecular weight is 267 g/mol. The van der Waals surface area contributed by atoms with Crippen molar-refractivity contribution in [3.05, 3.63) is 29.0 Å². The van der Waals surface area contributed by atoms with Gasteiger partial charge in [0, 0.05) is 24.8 Å². The molecule has 0 saturated carbocycles. The Balaban J connectivity index is 1.88. The second-order valence-electron chi connectivity index (χ2n) is 4.53. The van der Waals surface area contributed by atoms with E-state index in [1.807, 2.05) is 0 Å². The number of likely N-dealkylation sites (tertiary alicyclic amines) is 1. The molecule has 4 heteroatoms. The molecule has 1 aromatic rings. The predicted molar refractivity (Wildman–Crippen MR) is 73.3 cm³/mol. The summed E-state index contributed by atoms with van der Waals surface area (Å²) in [7, 11) is 0. The maximum atomic E-state index is 13.3. The van der Waals surface area contributed by atoms with Gasteiger partial charge < -0.3 is 5.32 Å². The van der Waals surface area contributed by atoms with Gasteiger partial charge in [-0.05, 0) is 31.0 Å². The van der Waals surface area contributed by atoms with E-state index in [1.165, 1.54) is 6.07 Å². The molecule has 1 saturated heterocycles. The number of benzene rings is 1. The average Bonchev–Trinajstić information content (AvgIpc) is 2.37. The van der Waals surface area contributed by atoms with E-state index in [2.05, 4.69) is 16.1 Å². The van der Waals surface area contributed by atoms with Crippen molar-refractivity contribution < 1.29 is 4.39 Å². The summed E-state index contributed by atoms with van der Waals surface area (Å²) in [4.78, 5) is 2.25. The second kappa shape index (κ2) is 6.08. The van der Waals surface area contributed by atoms with E-state index >= 15 is 0 Å². The first-order valence-electron chi connectivity index (χ1n) is 6.06. The number of anilines is 1. The van der Waals surface area contributed by atoms with Crippen molar-refractivity contribution in [2.45, 2.75) is 18.9 Å². The molecular formula is C14H16ClFN2. The van der Waals surface area contributed by atoms with Crippen molar-refractivity contribution in [3.63, 3.8) is 0 Å². The lowest BCUT2D eigenvalue weighted by Gasteiger charge is -2.31. The van der Waals surface area contributed by atoms with Gasteiger partial charge in [-0.1, -0.05) is 17.5 Å². The Morgan fingerprint density at radius 1 is 1.44 bits per heavy atom. The molecule has 0 amide bonds. The van der Waals surface area contributed by atoms with E-state index in [-0.39, 0.29) is 10.8 Å². The molecule has 0 atom stereocenters. The lowest BCUT2D eigenvalue weighted by molar-refractivity contribution is 0.243. The van der Waals surface area contributed by atoms with E-state index in [4.69, 9.17) is 18.0 Å². The van der Waals surface area contributed by atoms with Crippen molar-refractivity contribution >= 4 is 17.3 Å². The topological polar surface area (TPSA) is 15.3 Å². The molecule has 0 spiro atoms. The number of halogens is 2. The Hall–Kier alpha value is -1.24. The van der Waals surface area contributed by atoms with Crippen LogP contribution in [0, 0.1) is 18.2 Å². The molecule has 1 aliphatic heterocycles. The van der Waals surface area contributed by atoms with Crippen LogP contribution in [-0.4, -0.2) is 30.6 Å². The largest absolute Gasteiger partial charge is 0.382 e. The summed E-state index contributed by atoms with van der Waals surface area (Å²) in [6.45, 7) is 2.68. The molecule has 18 heavy (non-hydrogen) atoms. The SMILES string of the molecule is C#CCN1CCC(Nc2ccc(Cl)c(F)c2)CC1. The highest BCUT2D eigenvalue weighted by atomic mass is 35.5. The van der Waals surface area contributed by atoms with Crippen LogP contribution < -0.4 is 5.32 Å². The molecule has 1 N–H and O–H groups in total. The molecule has 0 unspecified atom stereocenters.